The van der Waals surface area contributed by atoms with Crippen LogP contribution in [0, 0.1) is 27.4 Å². The van der Waals surface area contributed by atoms with Gasteiger partial charge in [0.1, 0.15) is 6.07 Å². The molecule has 1 aliphatic heterocycles. The van der Waals surface area contributed by atoms with Crippen LogP contribution in [0.4, 0.5) is 11.4 Å². The Labute approximate surface area is 134 Å². The van der Waals surface area contributed by atoms with Gasteiger partial charge in [0.15, 0.2) is 0 Å². The van der Waals surface area contributed by atoms with E-state index in [-0.39, 0.29) is 23.8 Å². The van der Waals surface area contributed by atoms with E-state index in [1.165, 1.54) is 12.1 Å². The zero-order valence-electron chi connectivity index (χ0n) is 12.7. The van der Waals surface area contributed by atoms with Crippen LogP contribution < -0.4 is 4.90 Å². The topological polar surface area (TPSA) is 99.6 Å². The summed E-state index contributed by atoms with van der Waals surface area (Å²) >= 11 is 0. The molecule has 3 atom stereocenters. The highest BCUT2D eigenvalue weighted by Crippen LogP contribution is 2.36. The SMILES string of the molecule is N#Cc1cc([N+](=O)[O-])ccc1N1CCOC[C@@H]1[C@H]1CCC[C@H]1O. The molecule has 3 rings (SSSR count). The maximum Gasteiger partial charge on any atom is 0.270 e. The fourth-order valence-corrected chi connectivity index (χ4v) is 3.67. The first kappa shape index (κ1) is 15.7. The third-order valence-corrected chi connectivity index (χ3v) is 4.81. The molecule has 1 aromatic carbocycles. The summed E-state index contributed by atoms with van der Waals surface area (Å²) in [7, 11) is 0. The second kappa shape index (κ2) is 6.52. The van der Waals surface area contributed by atoms with Crippen molar-refractivity contribution in [1.82, 2.24) is 0 Å². The van der Waals surface area contributed by atoms with Gasteiger partial charge in [0.2, 0.25) is 0 Å². The Balaban J connectivity index is 1.94. The number of nitriles is 1. The number of nitro groups is 1. The molecule has 2 aliphatic rings. The van der Waals surface area contributed by atoms with E-state index in [2.05, 4.69) is 11.0 Å². The largest absolute Gasteiger partial charge is 0.393 e. The van der Waals surface area contributed by atoms with Crippen LogP contribution in [0.1, 0.15) is 24.8 Å². The Hall–Kier alpha value is -2.17. The van der Waals surface area contributed by atoms with Crippen LogP contribution in [0.3, 0.4) is 0 Å². The molecule has 0 unspecified atom stereocenters. The lowest BCUT2D eigenvalue weighted by Gasteiger charge is -2.41. The molecule has 0 aromatic heterocycles. The highest BCUT2D eigenvalue weighted by Gasteiger charge is 2.38. The first-order valence-corrected chi connectivity index (χ1v) is 7.83. The molecule has 23 heavy (non-hydrogen) atoms. The first-order valence-electron chi connectivity index (χ1n) is 7.83. The van der Waals surface area contributed by atoms with Gasteiger partial charge in [-0.1, -0.05) is 6.42 Å². The maximum atomic E-state index is 10.9. The molecule has 1 aromatic rings. The number of aliphatic hydroxyl groups is 1. The molecular weight excluding hydrogens is 298 g/mol. The van der Waals surface area contributed by atoms with Crippen molar-refractivity contribution < 1.29 is 14.8 Å². The number of ether oxygens (including phenoxy) is 1. The van der Waals surface area contributed by atoms with E-state index < -0.39 is 4.92 Å². The van der Waals surface area contributed by atoms with Crippen molar-refractivity contribution >= 4 is 11.4 Å². The van der Waals surface area contributed by atoms with Gasteiger partial charge in [0.25, 0.3) is 5.69 Å². The number of hydrogen-bond acceptors (Lipinski definition) is 6. The van der Waals surface area contributed by atoms with Crippen LogP contribution in [0.15, 0.2) is 18.2 Å². The van der Waals surface area contributed by atoms with E-state index in [1.807, 2.05) is 0 Å². The first-order chi connectivity index (χ1) is 11.1. The lowest BCUT2D eigenvalue weighted by Crippen LogP contribution is -2.51. The highest BCUT2D eigenvalue weighted by molar-refractivity contribution is 5.63. The molecule has 1 saturated carbocycles. The Morgan fingerprint density at radius 2 is 2.26 bits per heavy atom. The van der Waals surface area contributed by atoms with Gasteiger partial charge in [0, 0.05) is 24.6 Å². The monoisotopic (exact) mass is 317 g/mol. The molecule has 122 valence electrons. The van der Waals surface area contributed by atoms with Crippen LogP contribution >= 0.6 is 0 Å². The molecule has 1 N–H and O–H groups in total. The molecule has 7 nitrogen and oxygen atoms in total. The lowest BCUT2D eigenvalue weighted by atomic mass is 9.93. The van der Waals surface area contributed by atoms with Crippen molar-refractivity contribution in [3.05, 3.63) is 33.9 Å². The third-order valence-electron chi connectivity index (χ3n) is 4.81. The van der Waals surface area contributed by atoms with Crippen molar-refractivity contribution in [2.24, 2.45) is 5.92 Å². The van der Waals surface area contributed by atoms with Gasteiger partial charge < -0.3 is 14.7 Å². The molecule has 1 heterocycles. The number of anilines is 1. The zero-order valence-corrected chi connectivity index (χ0v) is 12.7. The predicted molar refractivity (Wildman–Crippen MR) is 83.1 cm³/mol. The lowest BCUT2D eigenvalue weighted by molar-refractivity contribution is -0.384. The van der Waals surface area contributed by atoms with Crippen LogP contribution in [-0.4, -0.2) is 41.9 Å². The Bertz CT molecular complexity index is 643. The molecule has 0 spiro atoms. The van der Waals surface area contributed by atoms with Crippen LogP contribution in [0.2, 0.25) is 0 Å². The number of aliphatic hydroxyl groups excluding tert-OH is 1. The summed E-state index contributed by atoms with van der Waals surface area (Å²) in [5, 5.41) is 30.5. The molecule has 7 heteroatoms. The minimum atomic E-state index is -0.498. The van der Waals surface area contributed by atoms with E-state index in [0.717, 1.165) is 19.3 Å². The van der Waals surface area contributed by atoms with E-state index in [0.29, 0.717) is 31.0 Å². The molecule has 1 aliphatic carbocycles. The normalized spacial score (nSPS) is 27.7. The summed E-state index contributed by atoms with van der Waals surface area (Å²) < 4.78 is 5.59. The van der Waals surface area contributed by atoms with Gasteiger partial charge in [-0.05, 0) is 18.9 Å². The number of hydrogen-bond donors (Lipinski definition) is 1. The van der Waals surface area contributed by atoms with E-state index >= 15 is 0 Å². The fourth-order valence-electron chi connectivity index (χ4n) is 3.67. The number of benzene rings is 1. The summed E-state index contributed by atoms with van der Waals surface area (Å²) in [5.41, 5.74) is 0.889. The van der Waals surface area contributed by atoms with Gasteiger partial charge in [-0.25, -0.2) is 0 Å². The summed E-state index contributed by atoms with van der Waals surface area (Å²) in [5.74, 6) is 0.108. The van der Waals surface area contributed by atoms with E-state index in [1.54, 1.807) is 6.07 Å². The van der Waals surface area contributed by atoms with Crippen LogP contribution in [0.5, 0.6) is 0 Å². The average Bonchev–Trinajstić information content (AvgIpc) is 3.00. The van der Waals surface area contributed by atoms with E-state index in [9.17, 15) is 20.5 Å². The average molecular weight is 317 g/mol. The van der Waals surface area contributed by atoms with Gasteiger partial charge >= 0.3 is 0 Å². The molecule has 2 fully saturated rings. The molecule has 1 saturated heterocycles. The zero-order chi connectivity index (χ0) is 16.4. The number of non-ortho nitro benzene ring substituents is 1. The Morgan fingerprint density at radius 1 is 1.43 bits per heavy atom. The van der Waals surface area contributed by atoms with Crippen molar-refractivity contribution in [3.63, 3.8) is 0 Å². The standard InChI is InChI=1S/C16H19N3O4/c17-9-11-8-12(19(21)22)4-5-14(11)18-6-7-23-10-15(18)13-2-1-3-16(13)20/h4-5,8,13,15-16,20H,1-3,6-7,10H2/t13-,15-,16-/m1/s1. The molecule has 0 bridgehead atoms. The predicted octanol–water partition coefficient (Wildman–Crippen LogP) is 1.83. The Morgan fingerprint density at radius 3 is 2.91 bits per heavy atom. The molecule has 0 radical (unpaired) electrons. The van der Waals surface area contributed by atoms with Crippen molar-refractivity contribution in [3.8, 4) is 6.07 Å². The minimum absolute atomic E-state index is 0.00481. The summed E-state index contributed by atoms with van der Waals surface area (Å²) in [6, 6.07) is 6.43. The summed E-state index contributed by atoms with van der Waals surface area (Å²) in [6.45, 7) is 1.66. The van der Waals surface area contributed by atoms with Gasteiger partial charge in [-0.15, -0.1) is 0 Å². The highest BCUT2D eigenvalue weighted by atomic mass is 16.6. The number of nitrogens with zero attached hydrogens (tertiary/aromatic N) is 3. The van der Waals surface area contributed by atoms with Gasteiger partial charge in [-0.3, -0.25) is 10.1 Å². The summed E-state index contributed by atoms with van der Waals surface area (Å²) in [4.78, 5) is 12.5. The van der Waals surface area contributed by atoms with E-state index in [4.69, 9.17) is 4.74 Å². The Kier molecular flexibility index (Phi) is 4.46. The van der Waals surface area contributed by atoms with Gasteiger partial charge in [0.05, 0.1) is 41.5 Å². The van der Waals surface area contributed by atoms with Crippen molar-refractivity contribution in [2.75, 3.05) is 24.7 Å². The number of nitro benzene ring substituents is 1. The molecule has 0 amide bonds. The fraction of sp³-hybridized carbons (Fsp3) is 0.562. The smallest absolute Gasteiger partial charge is 0.270 e. The van der Waals surface area contributed by atoms with Gasteiger partial charge in [-0.2, -0.15) is 5.26 Å². The van der Waals surface area contributed by atoms with Crippen LogP contribution in [-0.2, 0) is 4.74 Å². The summed E-state index contributed by atoms with van der Waals surface area (Å²) in [6.07, 6.45) is 2.36. The minimum Gasteiger partial charge on any atom is -0.393 e. The van der Waals surface area contributed by atoms with Crippen molar-refractivity contribution in [2.45, 2.75) is 31.4 Å². The maximum absolute atomic E-state index is 10.9. The van der Waals surface area contributed by atoms with Crippen LogP contribution in [0.25, 0.3) is 0 Å². The third kappa shape index (κ3) is 3.00. The number of morpholine rings is 1. The second-order valence-corrected chi connectivity index (χ2v) is 6.07. The second-order valence-electron chi connectivity index (χ2n) is 6.07. The molecular formula is C16H19N3O4. The quantitative estimate of drug-likeness (QED) is 0.674. The number of rotatable bonds is 3. The van der Waals surface area contributed by atoms with Crippen molar-refractivity contribution in [1.29, 1.82) is 5.26 Å².